The number of piperidine rings is 1. The second-order valence-electron chi connectivity index (χ2n) is 8.80. The van der Waals surface area contributed by atoms with Gasteiger partial charge in [-0.3, -0.25) is 4.79 Å². The van der Waals surface area contributed by atoms with E-state index >= 15 is 0 Å². The van der Waals surface area contributed by atoms with E-state index in [2.05, 4.69) is 4.90 Å². The number of hydrogen-bond donors (Lipinski definition) is 3. The van der Waals surface area contributed by atoms with Crippen molar-refractivity contribution in [1.29, 1.82) is 0 Å². The lowest BCUT2D eigenvalue weighted by molar-refractivity contribution is -0.149. The third-order valence-electron chi connectivity index (χ3n) is 7.00. The maximum Gasteiger partial charge on any atom is 0.333 e. The van der Waals surface area contributed by atoms with E-state index in [-0.39, 0.29) is 16.4 Å². The minimum Gasteiger partial charge on any atom is -0.481 e. The molecule has 8 heteroatoms. The van der Waals surface area contributed by atoms with Gasteiger partial charge in [0.15, 0.2) is 0 Å². The van der Waals surface area contributed by atoms with E-state index in [1.165, 1.54) is 24.3 Å². The van der Waals surface area contributed by atoms with E-state index < -0.39 is 28.9 Å². The summed E-state index contributed by atoms with van der Waals surface area (Å²) in [5.74, 6) is -3.31. The van der Waals surface area contributed by atoms with Gasteiger partial charge in [-0.25, -0.2) is 9.18 Å². The molecule has 0 spiro atoms. The Morgan fingerprint density at radius 3 is 2.34 bits per heavy atom. The summed E-state index contributed by atoms with van der Waals surface area (Å²) in [6.45, 7) is 3.74. The first-order valence-corrected chi connectivity index (χ1v) is 11.2. The van der Waals surface area contributed by atoms with E-state index in [1.54, 1.807) is 19.1 Å². The number of carbonyl (C=O) groups is 2. The van der Waals surface area contributed by atoms with Gasteiger partial charge in [-0.2, -0.15) is 0 Å². The van der Waals surface area contributed by atoms with Gasteiger partial charge in [-0.15, -0.1) is 0 Å². The van der Waals surface area contributed by atoms with Crippen molar-refractivity contribution in [3.63, 3.8) is 0 Å². The van der Waals surface area contributed by atoms with Gasteiger partial charge in [0, 0.05) is 19.0 Å². The van der Waals surface area contributed by atoms with Crippen LogP contribution in [0.4, 0.5) is 4.39 Å². The molecule has 3 N–H and O–H groups in total. The molecule has 32 heavy (non-hydrogen) atoms. The van der Waals surface area contributed by atoms with Gasteiger partial charge in [0.25, 0.3) is 0 Å². The zero-order valence-electron chi connectivity index (χ0n) is 18.1. The lowest BCUT2D eigenvalue weighted by Crippen LogP contribution is -2.43. The molecule has 3 rings (SSSR count). The summed E-state index contributed by atoms with van der Waals surface area (Å²) in [4.78, 5) is 25.9. The van der Waals surface area contributed by atoms with Crippen molar-refractivity contribution in [2.45, 2.75) is 44.6 Å². The molecule has 0 aromatic heterocycles. The van der Waals surface area contributed by atoms with E-state index in [1.807, 2.05) is 0 Å². The van der Waals surface area contributed by atoms with Gasteiger partial charge in [0.1, 0.15) is 5.82 Å². The van der Waals surface area contributed by atoms with Crippen LogP contribution in [0.1, 0.15) is 44.6 Å². The van der Waals surface area contributed by atoms with Crippen LogP contribution < -0.4 is 0 Å². The van der Waals surface area contributed by atoms with Crippen molar-refractivity contribution in [1.82, 2.24) is 4.90 Å². The molecule has 1 heterocycles. The van der Waals surface area contributed by atoms with E-state index in [9.17, 15) is 29.3 Å². The van der Waals surface area contributed by atoms with Crippen molar-refractivity contribution >= 4 is 23.5 Å². The quantitative estimate of drug-likeness (QED) is 0.499. The Bertz CT molecular complexity index is 921. The third-order valence-corrected chi connectivity index (χ3v) is 7.33. The number of unbranched alkanes of at least 4 members (excludes halogenated alkanes) is 1. The molecular formula is C24H29ClFNO5. The van der Waals surface area contributed by atoms with Gasteiger partial charge in [-0.05, 0) is 56.0 Å². The Hall–Kier alpha value is -2.22. The SMILES string of the molecule is CC1C(C(=O)O)=C(Cl)C=CC1(CCCCN1CCC(O)(c2ccc(F)cc2)CC1)C(=O)O. The molecule has 0 saturated carbocycles. The number of halogens is 2. The fraction of sp³-hybridized carbons (Fsp3) is 0.500. The predicted molar refractivity (Wildman–Crippen MR) is 119 cm³/mol. The number of aliphatic carboxylic acids is 2. The molecule has 1 saturated heterocycles. The molecule has 2 unspecified atom stereocenters. The fourth-order valence-corrected chi connectivity index (χ4v) is 5.13. The molecule has 2 aliphatic rings. The van der Waals surface area contributed by atoms with Crippen LogP contribution in [-0.4, -0.2) is 51.8 Å². The lowest BCUT2D eigenvalue weighted by atomic mass is 9.67. The molecular weight excluding hydrogens is 437 g/mol. The number of rotatable bonds is 8. The highest BCUT2D eigenvalue weighted by molar-refractivity contribution is 6.33. The normalized spacial score (nSPS) is 25.7. The number of benzene rings is 1. The van der Waals surface area contributed by atoms with Crippen molar-refractivity contribution in [3.05, 3.63) is 58.4 Å². The average molecular weight is 466 g/mol. The van der Waals surface area contributed by atoms with Crippen LogP contribution in [0.25, 0.3) is 0 Å². The van der Waals surface area contributed by atoms with Crippen LogP contribution in [0.5, 0.6) is 0 Å². The van der Waals surface area contributed by atoms with Crippen molar-refractivity contribution in [2.24, 2.45) is 11.3 Å². The van der Waals surface area contributed by atoms with Crippen LogP contribution in [0, 0.1) is 17.2 Å². The van der Waals surface area contributed by atoms with Gasteiger partial charge in [-0.1, -0.05) is 43.2 Å². The molecule has 1 aromatic rings. The van der Waals surface area contributed by atoms with Crippen LogP contribution >= 0.6 is 11.6 Å². The van der Waals surface area contributed by atoms with Gasteiger partial charge in [0.2, 0.25) is 0 Å². The molecule has 1 aromatic carbocycles. The molecule has 1 aliphatic heterocycles. The number of carboxylic acid groups (broad SMARTS) is 2. The largest absolute Gasteiger partial charge is 0.481 e. The highest BCUT2D eigenvalue weighted by atomic mass is 35.5. The second kappa shape index (κ2) is 9.73. The summed E-state index contributed by atoms with van der Waals surface area (Å²) in [7, 11) is 0. The van der Waals surface area contributed by atoms with Crippen LogP contribution in [0.15, 0.2) is 47.0 Å². The van der Waals surface area contributed by atoms with Crippen LogP contribution in [0.2, 0.25) is 0 Å². The topological polar surface area (TPSA) is 98.1 Å². The zero-order valence-corrected chi connectivity index (χ0v) is 18.8. The average Bonchev–Trinajstić information content (AvgIpc) is 2.74. The number of allylic oxidation sites excluding steroid dienone is 2. The first-order valence-electron chi connectivity index (χ1n) is 10.9. The molecule has 6 nitrogen and oxygen atoms in total. The van der Waals surface area contributed by atoms with Crippen molar-refractivity contribution in [3.8, 4) is 0 Å². The highest BCUT2D eigenvalue weighted by Gasteiger charge is 2.46. The molecule has 1 fully saturated rings. The van der Waals surface area contributed by atoms with Gasteiger partial charge in [0.05, 0.1) is 21.6 Å². The van der Waals surface area contributed by atoms with Crippen molar-refractivity contribution < 1.29 is 29.3 Å². The second-order valence-corrected chi connectivity index (χ2v) is 9.21. The maximum absolute atomic E-state index is 13.2. The Kier molecular flexibility index (Phi) is 7.43. The molecule has 0 bridgehead atoms. The standard InChI is InChI=1S/C24H29ClFNO5/c1-16-20(21(28)29)19(25)8-10-23(16,22(30)31)9-2-3-13-27-14-11-24(32,12-15-27)17-4-6-18(26)7-5-17/h4-8,10,16,32H,2-3,9,11-15H2,1H3,(H,28,29)(H,30,31). The van der Waals surface area contributed by atoms with Crippen molar-refractivity contribution in [2.75, 3.05) is 19.6 Å². The Morgan fingerprint density at radius 2 is 1.78 bits per heavy atom. The number of carboxylic acids is 2. The van der Waals surface area contributed by atoms with E-state index in [0.717, 1.165) is 18.5 Å². The number of hydrogen-bond acceptors (Lipinski definition) is 4. The first kappa shape index (κ1) is 24.4. The Morgan fingerprint density at radius 1 is 1.16 bits per heavy atom. The molecule has 0 radical (unpaired) electrons. The third kappa shape index (κ3) is 4.90. The molecule has 2 atom stereocenters. The van der Waals surface area contributed by atoms with Crippen LogP contribution in [0.3, 0.4) is 0 Å². The van der Waals surface area contributed by atoms with E-state index in [4.69, 9.17) is 11.6 Å². The number of likely N-dealkylation sites (tertiary alicyclic amines) is 1. The maximum atomic E-state index is 13.2. The zero-order chi connectivity index (χ0) is 23.5. The summed E-state index contributed by atoms with van der Waals surface area (Å²) in [6, 6.07) is 5.97. The fourth-order valence-electron chi connectivity index (χ4n) is 4.82. The Balaban J connectivity index is 1.53. The Labute approximate surface area is 192 Å². The van der Waals surface area contributed by atoms with E-state index in [0.29, 0.717) is 38.8 Å². The van der Waals surface area contributed by atoms with Crippen LogP contribution in [-0.2, 0) is 15.2 Å². The summed E-state index contributed by atoms with van der Waals surface area (Å²) in [5, 5.41) is 30.4. The highest BCUT2D eigenvalue weighted by Crippen LogP contribution is 2.45. The lowest BCUT2D eigenvalue weighted by Gasteiger charge is -2.39. The van der Waals surface area contributed by atoms with Gasteiger partial charge < -0.3 is 20.2 Å². The predicted octanol–water partition coefficient (Wildman–Crippen LogP) is 4.13. The van der Waals surface area contributed by atoms with Gasteiger partial charge >= 0.3 is 11.9 Å². The number of nitrogens with zero attached hydrogens (tertiary/aromatic N) is 1. The number of aliphatic hydroxyl groups is 1. The smallest absolute Gasteiger partial charge is 0.333 e. The molecule has 174 valence electrons. The molecule has 0 amide bonds. The summed E-state index contributed by atoms with van der Waals surface area (Å²) >= 11 is 6.02. The monoisotopic (exact) mass is 465 g/mol. The first-order chi connectivity index (χ1) is 15.1. The summed E-state index contributed by atoms with van der Waals surface area (Å²) in [6.07, 6.45) is 5.69. The minimum absolute atomic E-state index is 0.0623. The summed E-state index contributed by atoms with van der Waals surface area (Å²) < 4.78 is 13.2. The summed E-state index contributed by atoms with van der Waals surface area (Å²) in [5.41, 5.74) is -1.59. The molecule has 1 aliphatic carbocycles. The minimum atomic E-state index is -1.29.